The van der Waals surface area contributed by atoms with Crippen LogP contribution in [-0.2, 0) is 11.3 Å². The molecular weight excluding hydrogens is 214 g/mol. The highest BCUT2D eigenvalue weighted by Crippen LogP contribution is 2.21. The molecule has 1 amide bonds. The van der Waals surface area contributed by atoms with E-state index in [1.165, 1.54) is 5.56 Å². The second-order valence-corrected chi connectivity index (χ2v) is 4.32. The first-order chi connectivity index (χ1) is 8.08. The summed E-state index contributed by atoms with van der Waals surface area (Å²) in [5.41, 5.74) is 2.23. The lowest BCUT2D eigenvalue weighted by Crippen LogP contribution is -2.25. The molecule has 94 valence electrons. The molecule has 0 fully saturated rings. The number of nitrogens with zero attached hydrogens (tertiary/aromatic N) is 1. The van der Waals surface area contributed by atoms with Crippen LogP contribution < -0.4 is 4.74 Å². The summed E-state index contributed by atoms with van der Waals surface area (Å²) >= 11 is 0. The first kappa shape index (κ1) is 13.6. The summed E-state index contributed by atoms with van der Waals surface area (Å²) in [6, 6.07) is 6.02. The van der Waals surface area contributed by atoms with Crippen molar-refractivity contribution in [3.63, 3.8) is 0 Å². The minimum absolute atomic E-state index is 0.177. The lowest BCUT2D eigenvalue weighted by atomic mass is 10.1. The summed E-state index contributed by atoms with van der Waals surface area (Å²) in [6.45, 7) is 4.65. The molecule has 1 aromatic carbocycles. The van der Waals surface area contributed by atoms with Gasteiger partial charge in [-0.05, 0) is 19.4 Å². The minimum atomic E-state index is 0.177. The lowest BCUT2D eigenvalue weighted by Gasteiger charge is -2.19. The maximum Gasteiger partial charge on any atom is 0.222 e. The van der Waals surface area contributed by atoms with Gasteiger partial charge in [-0.2, -0.15) is 0 Å². The quantitative estimate of drug-likeness (QED) is 0.785. The van der Waals surface area contributed by atoms with Crippen LogP contribution in [0, 0.1) is 6.92 Å². The Bertz CT molecular complexity index is 388. The Labute approximate surface area is 103 Å². The first-order valence-electron chi connectivity index (χ1n) is 5.96. The molecule has 0 bridgehead atoms. The van der Waals surface area contributed by atoms with Crippen molar-refractivity contribution < 1.29 is 9.53 Å². The van der Waals surface area contributed by atoms with Crippen molar-refractivity contribution in [1.82, 2.24) is 4.90 Å². The molecule has 1 rings (SSSR count). The third kappa shape index (κ3) is 3.77. The molecule has 0 saturated heterocycles. The fourth-order valence-corrected chi connectivity index (χ4v) is 1.78. The van der Waals surface area contributed by atoms with Crippen LogP contribution in [0.2, 0.25) is 0 Å². The maximum absolute atomic E-state index is 11.7. The van der Waals surface area contributed by atoms with E-state index in [1.54, 1.807) is 12.0 Å². The summed E-state index contributed by atoms with van der Waals surface area (Å²) in [7, 11) is 3.49. The molecule has 1 aromatic rings. The zero-order chi connectivity index (χ0) is 12.8. The molecule has 0 spiro atoms. The van der Waals surface area contributed by atoms with Gasteiger partial charge in [-0.3, -0.25) is 4.79 Å². The molecule has 0 atom stereocenters. The van der Waals surface area contributed by atoms with Gasteiger partial charge in [0.15, 0.2) is 0 Å². The largest absolute Gasteiger partial charge is 0.496 e. The van der Waals surface area contributed by atoms with Gasteiger partial charge >= 0.3 is 0 Å². The predicted octanol–water partition coefficient (Wildman–Crippen LogP) is 2.76. The number of benzene rings is 1. The average Bonchev–Trinajstić information content (AvgIpc) is 2.29. The molecule has 3 nitrogen and oxygen atoms in total. The summed E-state index contributed by atoms with van der Waals surface area (Å²) in [5, 5.41) is 0. The smallest absolute Gasteiger partial charge is 0.222 e. The Morgan fingerprint density at radius 2 is 2.12 bits per heavy atom. The Balaban J connectivity index is 2.79. The number of carbonyl (C=O) groups excluding carboxylic acids is 1. The molecule has 0 radical (unpaired) electrons. The molecular formula is C14H21NO2. The normalized spacial score (nSPS) is 10.1. The number of aryl methyl sites for hydroxylation is 1. The third-order valence-corrected chi connectivity index (χ3v) is 2.73. The standard InChI is InChI=1S/C14H21NO2/c1-5-6-14(16)15(3)10-12-9-11(2)7-8-13(12)17-4/h7-9H,5-6,10H2,1-4H3. The molecule has 0 aromatic heterocycles. The van der Waals surface area contributed by atoms with Crippen molar-refractivity contribution in [3.05, 3.63) is 29.3 Å². The van der Waals surface area contributed by atoms with Gasteiger partial charge in [-0.15, -0.1) is 0 Å². The molecule has 0 heterocycles. The van der Waals surface area contributed by atoms with E-state index in [9.17, 15) is 4.79 Å². The second kappa shape index (κ2) is 6.28. The van der Waals surface area contributed by atoms with Gasteiger partial charge in [-0.1, -0.05) is 24.6 Å². The number of ether oxygens (including phenoxy) is 1. The number of rotatable bonds is 5. The lowest BCUT2D eigenvalue weighted by molar-refractivity contribution is -0.130. The summed E-state index contributed by atoms with van der Waals surface area (Å²) < 4.78 is 5.30. The Morgan fingerprint density at radius 3 is 2.71 bits per heavy atom. The Kier molecular flexibility index (Phi) is 5.01. The molecule has 0 aliphatic carbocycles. The minimum Gasteiger partial charge on any atom is -0.496 e. The summed E-state index contributed by atoms with van der Waals surface area (Å²) in [6.07, 6.45) is 1.48. The third-order valence-electron chi connectivity index (χ3n) is 2.73. The van der Waals surface area contributed by atoms with E-state index in [0.29, 0.717) is 13.0 Å². The summed E-state index contributed by atoms with van der Waals surface area (Å²) in [4.78, 5) is 13.5. The van der Waals surface area contributed by atoms with Crippen molar-refractivity contribution >= 4 is 5.91 Å². The van der Waals surface area contributed by atoms with Gasteiger partial charge in [0.05, 0.1) is 7.11 Å². The van der Waals surface area contributed by atoms with Crippen LogP contribution in [0.5, 0.6) is 5.75 Å². The molecule has 0 N–H and O–H groups in total. The van der Waals surface area contributed by atoms with Crippen LogP contribution in [0.4, 0.5) is 0 Å². The fourth-order valence-electron chi connectivity index (χ4n) is 1.78. The van der Waals surface area contributed by atoms with Gasteiger partial charge in [0.1, 0.15) is 5.75 Å². The van der Waals surface area contributed by atoms with Gasteiger partial charge in [0.25, 0.3) is 0 Å². The van der Waals surface area contributed by atoms with Gasteiger partial charge < -0.3 is 9.64 Å². The highest BCUT2D eigenvalue weighted by molar-refractivity contribution is 5.75. The summed E-state index contributed by atoms with van der Waals surface area (Å²) in [5.74, 6) is 1.02. The molecule has 0 saturated carbocycles. The van der Waals surface area contributed by atoms with E-state index in [4.69, 9.17) is 4.74 Å². The number of methoxy groups -OCH3 is 1. The Morgan fingerprint density at radius 1 is 1.41 bits per heavy atom. The van der Waals surface area contributed by atoms with E-state index < -0.39 is 0 Å². The van der Waals surface area contributed by atoms with Gasteiger partial charge in [0.2, 0.25) is 5.91 Å². The highest BCUT2D eigenvalue weighted by Gasteiger charge is 2.11. The van der Waals surface area contributed by atoms with E-state index >= 15 is 0 Å². The van der Waals surface area contributed by atoms with E-state index in [-0.39, 0.29) is 5.91 Å². The zero-order valence-electron chi connectivity index (χ0n) is 11.1. The number of hydrogen-bond donors (Lipinski definition) is 0. The van der Waals surface area contributed by atoms with Crippen molar-refractivity contribution in [1.29, 1.82) is 0 Å². The molecule has 0 aliphatic heterocycles. The number of hydrogen-bond acceptors (Lipinski definition) is 2. The van der Waals surface area contributed by atoms with Crippen LogP contribution in [0.25, 0.3) is 0 Å². The molecule has 0 unspecified atom stereocenters. The van der Waals surface area contributed by atoms with Crippen LogP contribution in [0.3, 0.4) is 0 Å². The fraction of sp³-hybridized carbons (Fsp3) is 0.500. The number of carbonyl (C=O) groups is 1. The molecule has 3 heteroatoms. The van der Waals surface area contributed by atoms with Gasteiger partial charge in [-0.25, -0.2) is 0 Å². The molecule has 0 aliphatic rings. The highest BCUT2D eigenvalue weighted by atomic mass is 16.5. The van der Waals surface area contributed by atoms with E-state index in [1.807, 2.05) is 33.0 Å². The van der Waals surface area contributed by atoms with Crippen molar-refractivity contribution in [2.75, 3.05) is 14.2 Å². The second-order valence-electron chi connectivity index (χ2n) is 4.32. The topological polar surface area (TPSA) is 29.5 Å². The van der Waals surface area contributed by atoms with Crippen LogP contribution >= 0.6 is 0 Å². The van der Waals surface area contributed by atoms with E-state index in [0.717, 1.165) is 17.7 Å². The number of amides is 1. The predicted molar refractivity (Wildman–Crippen MR) is 69.1 cm³/mol. The maximum atomic E-state index is 11.7. The first-order valence-corrected chi connectivity index (χ1v) is 5.96. The zero-order valence-corrected chi connectivity index (χ0v) is 11.1. The van der Waals surface area contributed by atoms with Crippen molar-refractivity contribution in [2.24, 2.45) is 0 Å². The van der Waals surface area contributed by atoms with E-state index in [2.05, 4.69) is 6.07 Å². The van der Waals surface area contributed by atoms with Gasteiger partial charge in [0, 0.05) is 25.6 Å². The molecule has 17 heavy (non-hydrogen) atoms. The Hall–Kier alpha value is -1.51. The van der Waals surface area contributed by atoms with Crippen molar-refractivity contribution in [2.45, 2.75) is 33.2 Å². The van der Waals surface area contributed by atoms with Crippen molar-refractivity contribution in [3.8, 4) is 5.75 Å². The average molecular weight is 235 g/mol. The van der Waals surface area contributed by atoms with Crippen LogP contribution in [0.1, 0.15) is 30.9 Å². The SMILES string of the molecule is CCCC(=O)N(C)Cc1cc(C)ccc1OC. The monoisotopic (exact) mass is 235 g/mol. The van der Waals surface area contributed by atoms with Crippen LogP contribution in [-0.4, -0.2) is 25.0 Å². The van der Waals surface area contributed by atoms with Crippen LogP contribution in [0.15, 0.2) is 18.2 Å².